The highest BCUT2D eigenvalue weighted by atomic mass is 35.5. The minimum Gasteiger partial charge on any atom is -0.334 e. The van der Waals surface area contributed by atoms with Gasteiger partial charge in [0.15, 0.2) is 0 Å². The first-order chi connectivity index (χ1) is 18.7. The average Bonchev–Trinajstić information content (AvgIpc) is 3.85. The van der Waals surface area contributed by atoms with E-state index in [2.05, 4.69) is 30.9 Å². The molecule has 2 aromatic carbocycles. The third-order valence-electron chi connectivity index (χ3n) is 11.4. The van der Waals surface area contributed by atoms with E-state index in [9.17, 15) is 9.59 Å². The van der Waals surface area contributed by atoms with Crippen molar-refractivity contribution < 1.29 is 9.59 Å². The van der Waals surface area contributed by atoms with Gasteiger partial charge in [0.2, 0.25) is 5.91 Å². The Morgan fingerprint density at radius 3 is 1.67 bits per heavy atom. The second kappa shape index (κ2) is 9.08. The second-order valence-corrected chi connectivity index (χ2v) is 15.1. The predicted octanol–water partition coefficient (Wildman–Crippen LogP) is 8.00. The maximum absolute atomic E-state index is 13.4. The van der Waals surface area contributed by atoms with E-state index in [0.717, 1.165) is 58.4 Å². The maximum atomic E-state index is 13.4. The summed E-state index contributed by atoms with van der Waals surface area (Å²) in [6.07, 6.45) is 12.4. The summed E-state index contributed by atoms with van der Waals surface area (Å²) >= 11 is 11.9. The fraction of sp³-hybridized carbons (Fsp3) is 0.588. The Balaban J connectivity index is 0.000000177. The number of rotatable bonds is 5. The van der Waals surface area contributed by atoms with Crippen molar-refractivity contribution in [3.63, 3.8) is 0 Å². The molecule has 1 saturated heterocycles. The lowest BCUT2D eigenvalue weighted by Gasteiger charge is -2.66. The monoisotopic (exact) mass is 563 g/mol. The van der Waals surface area contributed by atoms with Crippen molar-refractivity contribution in [3.8, 4) is 0 Å². The van der Waals surface area contributed by atoms with E-state index >= 15 is 0 Å². The van der Waals surface area contributed by atoms with Crippen LogP contribution in [0.4, 0.5) is 0 Å². The second-order valence-electron chi connectivity index (χ2n) is 14.2. The molecule has 0 spiro atoms. The number of aldehydes is 1. The van der Waals surface area contributed by atoms with Gasteiger partial charge in [0, 0.05) is 21.5 Å². The molecule has 9 rings (SSSR count). The van der Waals surface area contributed by atoms with Gasteiger partial charge in [0.25, 0.3) is 0 Å². The van der Waals surface area contributed by atoms with Crippen LogP contribution in [0.2, 0.25) is 10.0 Å². The van der Waals surface area contributed by atoms with Gasteiger partial charge in [-0.05, 0) is 131 Å². The molecule has 0 aromatic heterocycles. The number of likely N-dealkylation sites (tertiary alicyclic amines) is 1. The molecule has 1 atom stereocenters. The molecule has 5 heteroatoms. The van der Waals surface area contributed by atoms with Crippen LogP contribution in [0.15, 0.2) is 48.5 Å². The van der Waals surface area contributed by atoms with Crippen molar-refractivity contribution in [3.05, 3.63) is 69.7 Å². The van der Waals surface area contributed by atoms with Crippen LogP contribution in [-0.4, -0.2) is 29.2 Å². The van der Waals surface area contributed by atoms with Crippen LogP contribution in [0.5, 0.6) is 0 Å². The molecule has 0 N–H and O–H groups in total. The number of hydrogen-bond donors (Lipinski definition) is 0. The smallest absolute Gasteiger partial charge is 0.230 e. The lowest BCUT2D eigenvalue weighted by molar-refractivity contribution is -0.195. The topological polar surface area (TPSA) is 37.4 Å². The van der Waals surface area contributed by atoms with Crippen LogP contribution >= 0.6 is 23.2 Å². The molecular formula is C34H39Cl2NO2. The lowest BCUT2D eigenvalue weighted by atomic mass is 9.52. The van der Waals surface area contributed by atoms with Gasteiger partial charge in [-0.15, -0.1) is 0 Å². The minimum atomic E-state index is -0.231. The number of benzene rings is 2. The molecule has 1 unspecified atom stereocenters. The molecule has 7 fully saturated rings. The van der Waals surface area contributed by atoms with Gasteiger partial charge in [-0.1, -0.05) is 47.5 Å². The van der Waals surface area contributed by atoms with Crippen LogP contribution in [0.1, 0.15) is 82.8 Å². The Morgan fingerprint density at radius 2 is 1.23 bits per heavy atom. The van der Waals surface area contributed by atoms with E-state index < -0.39 is 0 Å². The SMILES string of the molecule is CC1(C)C(=O)N(C2C3CC4CC(C3)CC2C4)C1C1(c2ccc(Cl)cc2)CC1.O=CC1(c2ccc(Cl)cc2)CC1. The first-order valence-electron chi connectivity index (χ1n) is 15.0. The fourth-order valence-corrected chi connectivity index (χ4v) is 9.74. The van der Waals surface area contributed by atoms with E-state index in [0.29, 0.717) is 18.0 Å². The molecule has 7 aliphatic rings. The van der Waals surface area contributed by atoms with E-state index in [1.807, 2.05) is 36.4 Å². The lowest BCUT2D eigenvalue weighted by Crippen LogP contribution is -2.76. The number of nitrogens with zero attached hydrogens (tertiary/aromatic N) is 1. The summed E-state index contributed by atoms with van der Waals surface area (Å²) in [6.45, 7) is 4.39. The highest BCUT2D eigenvalue weighted by Gasteiger charge is 2.70. The fourth-order valence-electron chi connectivity index (χ4n) is 9.49. The molecular weight excluding hydrogens is 525 g/mol. The van der Waals surface area contributed by atoms with E-state index in [-0.39, 0.29) is 16.2 Å². The normalized spacial score (nSPS) is 35.5. The first kappa shape index (κ1) is 26.1. The van der Waals surface area contributed by atoms with Gasteiger partial charge < -0.3 is 9.69 Å². The van der Waals surface area contributed by atoms with Crippen molar-refractivity contribution in [1.82, 2.24) is 4.90 Å². The maximum Gasteiger partial charge on any atom is 0.230 e. The Labute approximate surface area is 242 Å². The molecule has 1 aliphatic heterocycles. The third-order valence-corrected chi connectivity index (χ3v) is 11.9. The highest BCUT2D eigenvalue weighted by Crippen LogP contribution is 2.65. The third kappa shape index (κ3) is 4.12. The van der Waals surface area contributed by atoms with Crippen molar-refractivity contribution in [1.29, 1.82) is 0 Å². The summed E-state index contributed by atoms with van der Waals surface area (Å²) in [4.78, 5) is 26.5. The summed E-state index contributed by atoms with van der Waals surface area (Å²) < 4.78 is 0. The van der Waals surface area contributed by atoms with Gasteiger partial charge in [-0.25, -0.2) is 0 Å². The van der Waals surface area contributed by atoms with Gasteiger partial charge in [-0.3, -0.25) is 4.79 Å². The summed E-state index contributed by atoms with van der Waals surface area (Å²) in [5.74, 6) is 3.87. The zero-order valence-electron chi connectivity index (χ0n) is 23.0. The first-order valence-corrected chi connectivity index (χ1v) is 15.7. The van der Waals surface area contributed by atoms with Crippen LogP contribution in [-0.2, 0) is 20.4 Å². The highest BCUT2D eigenvalue weighted by molar-refractivity contribution is 6.30. The molecule has 4 bridgehead atoms. The Bertz CT molecular complexity index is 1250. The zero-order valence-corrected chi connectivity index (χ0v) is 24.6. The van der Waals surface area contributed by atoms with Crippen LogP contribution in [0.3, 0.4) is 0 Å². The van der Waals surface area contributed by atoms with Crippen molar-refractivity contribution >= 4 is 35.4 Å². The molecule has 3 nitrogen and oxygen atoms in total. The molecule has 1 amide bonds. The Morgan fingerprint density at radius 1 is 0.744 bits per heavy atom. The van der Waals surface area contributed by atoms with E-state index in [1.165, 1.54) is 50.5 Å². The molecule has 6 aliphatic carbocycles. The van der Waals surface area contributed by atoms with Crippen molar-refractivity contribution in [2.75, 3.05) is 0 Å². The van der Waals surface area contributed by atoms with Crippen molar-refractivity contribution in [2.24, 2.45) is 29.1 Å². The number of hydrogen-bond acceptors (Lipinski definition) is 2. The van der Waals surface area contributed by atoms with Crippen LogP contribution in [0, 0.1) is 29.1 Å². The predicted molar refractivity (Wildman–Crippen MR) is 156 cm³/mol. The van der Waals surface area contributed by atoms with Crippen LogP contribution < -0.4 is 0 Å². The van der Waals surface area contributed by atoms with Gasteiger partial charge in [-0.2, -0.15) is 0 Å². The number of amides is 1. The van der Waals surface area contributed by atoms with Gasteiger partial charge >= 0.3 is 0 Å². The Kier molecular flexibility index (Phi) is 6.07. The summed E-state index contributed by atoms with van der Waals surface area (Å²) in [5.41, 5.74) is 2.26. The van der Waals surface area contributed by atoms with Gasteiger partial charge in [0.1, 0.15) is 6.29 Å². The number of halogens is 2. The number of carbonyl (C=O) groups excluding carboxylic acids is 2. The van der Waals surface area contributed by atoms with E-state index in [1.54, 1.807) is 0 Å². The number of carbonyl (C=O) groups is 2. The number of β-lactam (4-membered cyclic amide) rings is 1. The summed E-state index contributed by atoms with van der Waals surface area (Å²) in [5, 5.41) is 1.52. The Hall–Kier alpha value is -1.84. The quantitative estimate of drug-likeness (QED) is 0.273. The molecule has 206 valence electrons. The van der Waals surface area contributed by atoms with Crippen molar-refractivity contribution in [2.45, 2.75) is 94.5 Å². The molecule has 2 aromatic rings. The zero-order chi connectivity index (χ0) is 27.2. The summed E-state index contributed by atoms with van der Waals surface area (Å²) in [7, 11) is 0. The largest absolute Gasteiger partial charge is 0.334 e. The molecule has 1 heterocycles. The standard InChI is InChI=1S/C24H30ClNO.C10H9ClO/c1-23(2)21(24(7-8-24)18-3-5-19(25)6-4-18)26(22(23)27)20-16-10-14-9-15(12-16)13-17(20)11-14;11-9-3-1-8(2-4-9)10(7-12)5-6-10/h3-6,14-17,20-21H,7-13H2,1-2H3;1-4,7H,5-6H2. The average molecular weight is 565 g/mol. The van der Waals surface area contributed by atoms with E-state index in [4.69, 9.17) is 23.2 Å². The van der Waals surface area contributed by atoms with Crippen LogP contribution in [0.25, 0.3) is 0 Å². The molecule has 0 radical (unpaired) electrons. The molecule has 39 heavy (non-hydrogen) atoms. The molecule has 6 saturated carbocycles. The van der Waals surface area contributed by atoms with Gasteiger partial charge in [0.05, 0.1) is 16.9 Å². The minimum absolute atomic E-state index is 0.162. The summed E-state index contributed by atoms with van der Waals surface area (Å²) in [6, 6.07) is 16.9.